The minimum absolute atomic E-state index is 0.412. The number of hydrogen-bond donors (Lipinski definition) is 1. The summed E-state index contributed by atoms with van der Waals surface area (Å²) in [6, 6.07) is 4.19. The molecule has 1 aromatic carbocycles. The number of carbonyl (C=O) groups excluding carboxylic acids is 1. The summed E-state index contributed by atoms with van der Waals surface area (Å²) in [5.41, 5.74) is -0.144. The number of halogens is 3. The summed E-state index contributed by atoms with van der Waals surface area (Å²) in [6.45, 7) is 1.65. The van der Waals surface area contributed by atoms with Crippen molar-refractivity contribution in [1.29, 1.82) is 0 Å². The van der Waals surface area contributed by atoms with Crippen molar-refractivity contribution in [3.63, 3.8) is 0 Å². The number of hydrogen-bond acceptors (Lipinski definition) is 2. The van der Waals surface area contributed by atoms with Crippen LogP contribution in [0.15, 0.2) is 24.3 Å². The highest BCUT2D eigenvalue weighted by Crippen LogP contribution is 2.29. The molecule has 3 nitrogen and oxygen atoms in total. The number of rotatable bonds is 2. The molecule has 0 bridgehead atoms. The van der Waals surface area contributed by atoms with Crippen LogP contribution in [0.2, 0.25) is 0 Å². The fourth-order valence-electron chi connectivity index (χ4n) is 1.28. The van der Waals surface area contributed by atoms with Gasteiger partial charge in [-0.2, -0.15) is 13.2 Å². The Bertz CT molecular complexity index is 387. The number of benzene rings is 1. The van der Waals surface area contributed by atoms with Crippen LogP contribution in [0.25, 0.3) is 0 Å². The Hall–Kier alpha value is -1.72. The average Bonchev–Trinajstić information content (AvgIpc) is 2.27. The lowest BCUT2D eigenvalue weighted by atomic mass is 10.1. The summed E-state index contributed by atoms with van der Waals surface area (Å²) in [5, 5.41) is 2.46. The van der Waals surface area contributed by atoms with Crippen LogP contribution in [-0.4, -0.2) is 13.2 Å². The fourth-order valence-corrected chi connectivity index (χ4v) is 1.28. The molecule has 1 rings (SSSR count). The second-order valence-corrected chi connectivity index (χ2v) is 3.48. The van der Waals surface area contributed by atoms with Crippen LogP contribution in [0.4, 0.5) is 18.0 Å². The van der Waals surface area contributed by atoms with Gasteiger partial charge < -0.3 is 10.1 Å². The third-order valence-corrected chi connectivity index (χ3v) is 2.26. The largest absolute Gasteiger partial charge is 0.453 e. The summed E-state index contributed by atoms with van der Waals surface area (Å²) in [5.74, 6) is 0. The number of alkyl carbamates (subject to hydrolysis) is 1. The number of nitrogens with one attached hydrogen (secondary N) is 1. The summed E-state index contributed by atoms with van der Waals surface area (Å²) in [4.78, 5) is 10.9. The Balaban J connectivity index is 2.77. The maximum absolute atomic E-state index is 12.3. The van der Waals surface area contributed by atoms with Crippen LogP contribution in [0.1, 0.15) is 24.1 Å². The van der Waals surface area contributed by atoms with Crippen molar-refractivity contribution >= 4 is 6.09 Å². The molecule has 0 aliphatic rings. The molecule has 0 aliphatic heterocycles. The lowest BCUT2D eigenvalue weighted by Gasteiger charge is -2.14. The highest BCUT2D eigenvalue weighted by molar-refractivity contribution is 5.67. The lowest BCUT2D eigenvalue weighted by Crippen LogP contribution is -2.26. The Kier molecular flexibility index (Phi) is 3.98. The molecule has 0 aromatic heterocycles. The third kappa shape index (κ3) is 3.65. The molecule has 1 N–H and O–H groups in total. The van der Waals surface area contributed by atoms with Crippen molar-refractivity contribution < 1.29 is 22.7 Å². The van der Waals surface area contributed by atoms with E-state index in [1.807, 2.05) is 0 Å². The van der Waals surface area contributed by atoms with Crippen LogP contribution in [0, 0.1) is 0 Å². The minimum atomic E-state index is -4.35. The topological polar surface area (TPSA) is 38.3 Å². The van der Waals surface area contributed by atoms with Gasteiger partial charge in [0.05, 0.1) is 18.7 Å². The molecule has 17 heavy (non-hydrogen) atoms. The van der Waals surface area contributed by atoms with Gasteiger partial charge in [0, 0.05) is 0 Å². The quantitative estimate of drug-likeness (QED) is 0.871. The molecule has 0 heterocycles. The molecule has 0 radical (unpaired) electrons. The van der Waals surface area contributed by atoms with E-state index < -0.39 is 23.9 Å². The molecule has 0 spiro atoms. The second-order valence-electron chi connectivity index (χ2n) is 3.48. The molecule has 6 heteroatoms. The zero-order valence-electron chi connectivity index (χ0n) is 9.34. The van der Waals surface area contributed by atoms with Gasteiger partial charge in [-0.3, -0.25) is 0 Å². The van der Waals surface area contributed by atoms with E-state index in [2.05, 4.69) is 10.1 Å². The second kappa shape index (κ2) is 5.07. The molecule has 1 amide bonds. The Morgan fingerprint density at radius 1 is 1.29 bits per heavy atom. The summed E-state index contributed by atoms with van der Waals surface area (Å²) < 4.78 is 41.3. The molecule has 0 saturated carbocycles. The monoisotopic (exact) mass is 247 g/mol. The number of carbonyl (C=O) groups is 1. The van der Waals surface area contributed by atoms with E-state index in [9.17, 15) is 18.0 Å². The predicted octanol–water partition coefficient (Wildman–Crippen LogP) is 3.12. The van der Waals surface area contributed by atoms with Gasteiger partial charge >= 0.3 is 12.3 Å². The first-order chi connectivity index (χ1) is 7.84. The van der Waals surface area contributed by atoms with Crippen LogP contribution in [0.3, 0.4) is 0 Å². The first-order valence-electron chi connectivity index (χ1n) is 4.86. The Morgan fingerprint density at radius 3 is 2.24 bits per heavy atom. The van der Waals surface area contributed by atoms with Crippen molar-refractivity contribution in [3.05, 3.63) is 35.4 Å². The van der Waals surface area contributed by atoms with E-state index in [1.165, 1.54) is 19.2 Å². The van der Waals surface area contributed by atoms with Gasteiger partial charge in [-0.05, 0) is 24.6 Å². The van der Waals surface area contributed by atoms with E-state index in [0.717, 1.165) is 12.1 Å². The SMILES string of the molecule is COC(=O)NC(C)c1ccc(C(F)(F)F)cc1. The van der Waals surface area contributed by atoms with E-state index >= 15 is 0 Å². The van der Waals surface area contributed by atoms with Gasteiger partial charge in [0.25, 0.3) is 0 Å². The van der Waals surface area contributed by atoms with E-state index in [1.54, 1.807) is 6.92 Å². The van der Waals surface area contributed by atoms with Crippen LogP contribution < -0.4 is 5.32 Å². The molecular weight excluding hydrogens is 235 g/mol. The highest BCUT2D eigenvalue weighted by Gasteiger charge is 2.30. The highest BCUT2D eigenvalue weighted by atomic mass is 19.4. The van der Waals surface area contributed by atoms with Crippen molar-refractivity contribution in [2.24, 2.45) is 0 Å². The van der Waals surface area contributed by atoms with E-state index in [0.29, 0.717) is 5.56 Å². The summed E-state index contributed by atoms with van der Waals surface area (Å²) in [6.07, 6.45) is -4.98. The van der Waals surface area contributed by atoms with Gasteiger partial charge in [0.1, 0.15) is 0 Å². The first-order valence-corrected chi connectivity index (χ1v) is 4.86. The van der Waals surface area contributed by atoms with Gasteiger partial charge in [-0.1, -0.05) is 12.1 Å². The number of methoxy groups -OCH3 is 1. The number of amides is 1. The number of ether oxygens (including phenoxy) is 1. The molecule has 0 aliphatic carbocycles. The molecule has 94 valence electrons. The van der Waals surface area contributed by atoms with E-state index in [-0.39, 0.29) is 0 Å². The van der Waals surface area contributed by atoms with Crippen LogP contribution >= 0.6 is 0 Å². The smallest absolute Gasteiger partial charge is 0.416 e. The zero-order valence-corrected chi connectivity index (χ0v) is 9.34. The summed E-state index contributed by atoms with van der Waals surface area (Å²) >= 11 is 0. The molecule has 1 unspecified atom stereocenters. The molecule has 0 saturated heterocycles. The molecule has 1 atom stereocenters. The number of alkyl halides is 3. The van der Waals surface area contributed by atoms with Crippen molar-refractivity contribution in [2.75, 3.05) is 7.11 Å². The first kappa shape index (κ1) is 13.3. The summed E-state index contributed by atoms with van der Waals surface area (Å²) in [7, 11) is 1.22. The lowest BCUT2D eigenvalue weighted by molar-refractivity contribution is -0.137. The van der Waals surface area contributed by atoms with Crippen molar-refractivity contribution in [2.45, 2.75) is 19.1 Å². The molecule has 0 fully saturated rings. The predicted molar refractivity (Wildman–Crippen MR) is 55.4 cm³/mol. The van der Waals surface area contributed by atoms with Crippen molar-refractivity contribution in [1.82, 2.24) is 5.32 Å². The van der Waals surface area contributed by atoms with Gasteiger partial charge in [0.2, 0.25) is 0 Å². The Labute approximate surface area is 96.6 Å². The van der Waals surface area contributed by atoms with Crippen molar-refractivity contribution in [3.8, 4) is 0 Å². The third-order valence-electron chi connectivity index (χ3n) is 2.26. The maximum atomic E-state index is 12.3. The van der Waals surface area contributed by atoms with Gasteiger partial charge in [-0.15, -0.1) is 0 Å². The molecular formula is C11H12F3NO2. The Morgan fingerprint density at radius 2 is 1.82 bits per heavy atom. The standard InChI is InChI=1S/C11H12F3NO2/c1-7(15-10(16)17-2)8-3-5-9(6-4-8)11(12,13)14/h3-7H,1-2H3,(H,15,16). The maximum Gasteiger partial charge on any atom is 0.416 e. The molecule has 1 aromatic rings. The minimum Gasteiger partial charge on any atom is -0.453 e. The van der Waals surface area contributed by atoms with Gasteiger partial charge in [-0.25, -0.2) is 4.79 Å². The van der Waals surface area contributed by atoms with E-state index in [4.69, 9.17) is 0 Å². The average molecular weight is 247 g/mol. The van der Waals surface area contributed by atoms with Crippen LogP contribution in [-0.2, 0) is 10.9 Å². The normalized spacial score (nSPS) is 13.0. The zero-order chi connectivity index (χ0) is 13.1. The van der Waals surface area contributed by atoms with Crippen LogP contribution in [0.5, 0.6) is 0 Å². The van der Waals surface area contributed by atoms with Gasteiger partial charge in [0.15, 0.2) is 0 Å². The fraction of sp³-hybridized carbons (Fsp3) is 0.364.